The maximum Gasteiger partial charge on any atom is 0.244 e. The van der Waals surface area contributed by atoms with E-state index in [1.807, 2.05) is 0 Å². The zero-order valence-corrected chi connectivity index (χ0v) is 15.2. The monoisotopic (exact) mass is 352 g/mol. The standard InChI is InChI=1S/C9H14N2O2.2C4H7NO/c1-6(8(10)12)4-3-5-7(2)9(11)13;2*1-3(2)4(5)6/h4-5H,3H2,1-2H3,(H2,10,12)(H2,11,13);2*1H2,2H3,(H2,5,6). The van der Waals surface area contributed by atoms with E-state index in [0.29, 0.717) is 28.7 Å². The number of hydrogen-bond donors (Lipinski definition) is 4. The summed E-state index contributed by atoms with van der Waals surface area (Å²) >= 11 is 0. The molecule has 0 saturated carbocycles. The third kappa shape index (κ3) is 20.8. The van der Waals surface area contributed by atoms with Crippen molar-refractivity contribution in [2.75, 3.05) is 0 Å². The van der Waals surface area contributed by atoms with Crippen molar-refractivity contribution in [3.05, 3.63) is 47.6 Å². The molecule has 0 heterocycles. The Bertz CT molecular complexity index is 526. The molecule has 0 spiro atoms. The highest BCUT2D eigenvalue weighted by molar-refractivity contribution is 5.92. The Morgan fingerprint density at radius 2 is 0.840 bits per heavy atom. The minimum atomic E-state index is -0.454. The van der Waals surface area contributed by atoms with Gasteiger partial charge in [-0.1, -0.05) is 25.3 Å². The predicted molar refractivity (Wildman–Crippen MR) is 98.5 cm³/mol. The van der Waals surface area contributed by atoms with Gasteiger partial charge in [-0.2, -0.15) is 0 Å². The van der Waals surface area contributed by atoms with E-state index in [-0.39, 0.29) is 0 Å². The summed E-state index contributed by atoms with van der Waals surface area (Å²) in [5, 5.41) is 0. The second-order valence-electron chi connectivity index (χ2n) is 5.03. The van der Waals surface area contributed by atoms with Gasteiger partial charge in [-0.15, -0.1) is 0 Å². The lowest BCUT2D eigenvalue weighted by Crippen LogP contribution is -2.12. The fourth-order valence-corrected chi connectivity index (χ4v) is 0.614. The quantitative estimate of drug-likeness (QED) is 0.505. The molecule has 8 N–H and O–H groups in total. The van der Waals surface area contributed by atoms with Gasteiger partial charge in [-0.3, -0.25) is 19.2 Å². The van der Waals surface area contributed by atoms with Crippen LogP contribution >= 0.6 is 0 Å². The maximum atomic E-state index is 10.6. The number of nitrogens with two attached hydrogens (primary N) is 4. The lowest BCUT2D eigenvalue weighted by molar-refractivity contribution is -0.115. The van der Waals surface area contributed by atoms with E-state index in [9.17, 15) is 19.2 Å². The minimum absolute atomic E-state index is 0.398. The van der Waals surface area contributed by atoms with Crippen LogP contribution in [0.3, 0.4) is 0 Å². The average molecular weight is 352 g/mol. The van der Waals surface area contributed by atoms with Crippen LogP contribution in [0, 0.1) is 0 Å². The van der Waals surface area contributed by atoms with E-state index in [1.165, 1.54) is 0 Å². The van der Waals surface area contributed by atoms with Crippen LogP contribution in [-0.4, -0.2) is 23.6 Å². The molecule has 0 aliphatic carbocycles. The molecule has 0 radical (unpaired) electrons. The molecule has 8 nitrogen and oxygen atoms in total. The average Bonchev–Trinajstić information content (AvgIpc) is 2.47. The Morgan fingerprint density at radius 1 is 0.640 bits per heavy atom. The maximum absolute atomic E-state index is 10.6. The van der Waals surface area contributed by atoms with Crippen LogP contribution in [0.25, 0.3) is 0 Å². The highest BCUT2D eigenvalue weighted by Gasteiger charge is 1.96. The van der Waals surface area contributed by atoms with Gasteiger partial charge in [0.2, 0.25) is 23.6 Å². The van der Waals surface area contributed by atoms with Crippen LogP contribution in [0.4, 0.5) is 0 Å². The van der Waals surface area contributed by atoms with Gasteiger partial charge >= 0.3 is 0 Å². The molecule has 0 aromatic heterocycles. The van der Waals surface area contributed by atoms with Crippen LogP contribution in [0.2, 0.25) is 0 Å². The molecule has 0 aromatic carbocycles. The molecule has 0 aromatic rings. The Kier molecular flexibility index (Phi) is 15.4. The molecule has 0 rings (SSSR count). The van der Waals surface area contributed by atoms with E-state index >= 15 is 0 Å². The Morgan fingerprint density at radius 3 is 0.960 bits per heavy atom. The van der Waals surface area contributed by atoms with Crippen molar-refractivity contribution in [2.24, 2.45) is 22.9 Å². The molecule has 0 fully saturated rings. The number of primary amides is 4. The van der Waals surface area contributed by atoms with Crippen molar-refractivity contribution >= 4 is 23.6 Å². The van der Waals surface area contributed by atoms with Crippen molar-refractivity contribution in [2.45, 2.75) is 34.1 Å². The first-order valence-corrected chi connectivity index (χ1v) is 7.07. The Labute approximate surface area is 148 Å². The summed E-state index contributed by atoms with van der Waals surface area (Å²) in [6, 6.07) is 0. The van der Waals surface area contributed by atoms with Gasteiger partial charge in [0.15, 0.2) is 0 Å². The first-order valence-electron chi connectivity index (χ1n) is 7.07. The number of hydrogen-bond acceptors (Lipinski definition) is 4. The van der Waals surface area contributed by atoms with Gasteiger partial charge in [0.25, 0.3) is 0 Å². The van der Waals surface area contributed by atoms with Crippen molar-refractivity contribution in [3.8, 4) is 0 Å². The number of carbonyl (C=O) groups is 4. The Balaban J connectivity index is -0.000000336. The lowest BCUT2D eigenvalue weighted by Gasteiger charge is -1.93. The highest BCUT2D eigenvalue weighted by Crippen LogP contribution is 1.98. The molecule has 8 heteroatoms. The SMILES string of the molecule is C=C(C)C(N)=O.C=C(C)C(N)=O.CC(=CCC=C(C)C(N)=O)C(N)=O. The molecule has 140 valence electrons. The Hall–Kier alpha value is -3.16. The molecule has 25 heavy (non-hydrogen) atoms. The van der Waals surface area contributed by atoms with Crippen molar-refractivity contribution in [1.82, 2.24) is 0 Å². The summed E-state index contributed by atoms with van der Waals surface area (Å²) in [5.41, 5.74) is 21.1. The third-order valence-corrected chi connectivity index (χ3v) is 2.47. The van der Waals surface area contributed by atoms with Gasteiger partial charge < -0.3 is 22.9 Å². The van der Waals surface area contributed by atoms with Gasteiger partial charge in [0.05, 0.1) is 0 Å². The van der Waals surface area contributed by atoms with E-state index < -0.39 is 23.6 Å². The topological polar surface area (TPSA) is 172 Å². The summed E-state index contributed by atoms with van der Waals surface area (Å²) in [5.74, 6) is -1.78. The van der Waals surface area contributed by atoms with E-state index in [4.69, 9.17) is 22.9 Å². The van der Waals surface area contributed by atoms with E-state index in [2.05, 4.69) is 13.2 Å². The van der Waals surface area contributed by atoms with Crippen LogP contribution in [0.1, 0.15) is 34.1 Å². The van der Waals surface area contributed by atoms with Crippen LogP contribution in [-0.2, 0) is 19.2 Å². The molecule has 0 saturated heterocycles. The molecular formula is C17H28N4O4. The minimum Gasteiger partial charge on any atom is -0.366 e. The molecule has 0 atom stereocenters. The van der Waals surface area contributed by atoms with Crippen LogP contribution in [0.5, 0.6) is 0 Å². The molecule has 0 bridgehead atoms. The summed E-state index contributed by atoms with van der Waals surface area (Å²) < 4.78 is 0. The van der Waals surface area contributed by atoms with Crippen molar-refractivity contribution in [1.29, 1.82) is 0 Å². The second-order valence-corrected chi connectivity index (χ2v) is 5.03. The molecule has 0 unspecified atom stereocenters. The number of carbonyl (C=O) groups excluding carboxylic acids is 4. The molecule has 0 aliphatic heterocycles. The summed E-state index contributed by atoms with van der Waals surface area (Å²) in [6.45, 7) is 12.9. The molecular weight excluding hydrogens is 324 g/mol. The summed E-state index contributed by atoms with van der Waals surface area (Å²) in [6.07, 6.45) is 3.78. The lowest BCUT2D eigenvalue weighted by atomic mass is 10.2. The molecule has 4 amide bonds. The zero-order valence-electron chi connectivity index (χ0n) is 15.2. The van der Waals surface area contributed by atoms with Gasteiger partial charge in [-0.25, -0.2) is 0 Å². The van der Waals surface area contributed by atoms with Crippen LogP contribution < -0.4 is 22.9 Å². The third-order valence-electron chi connectivity index (χ3n) is 2.47. The zero-order chi connectivity index (χ0) is 20.7. The largest absolute Gasteiger partial charge is 0.366 e. The highest BCUT2D eigenvalue weighted by atomic mass is 16.2. The van der Waals surface area contributed by atoms with E-state index in [1.54, 1.807) is 39.8 Å². The van der Waals surface area contributed by atoms with Crippen molar-refractivity contribution in [3.63, 3.8) is 0 Å². The van der Waals surface area contributed by atoms with Gasteiger partial charge in [0, 0.05) is 22.3 Å². The van der Waals surface area contributed by atoms with Crippen LogP contribution in [0.15, 0.2) is 47.6 Å². The normalized spacial score (nSPS) is 10.2. The van der Waals surface area contributed by atoms with Gasteiger partial charge in [-0.05, 0) is 34.1 Å². The number of allylic oxidation sites excluding steroid dienone is 2. The summed E-state index contributed by atoms with van der Waals surface area (Å²) in [4.78, 5) is 40.7. The smallest absolute Gasteiger partial charge is 0.244 e. The molecule has 0 aliphatic rings. The fourth-order valence-electron chi connectivity index (χ4n) is 0.614. The first-order chi connectivity index (χ1) is 11.2. The predicted octanol–water partition coefficient (Wildman–Crippen LogP) is 0.335. The fraction of sp³-hybridized carbons (Fsp3) is 0.294. The first kappa shape index (κ1) is 26.7. The second kappa shape index (κ2) is 14.4. The number of amides is 4. The van der Waals surface area contributed by atoms with Gasteiger partial charge in [0.1, 0.15) is 0 Å². The summed E-state index contributed by atoms with van der Waals surface area (Å²) in [7, 11) is 0. The number of rotatable bonds is 6. The van der Waals surface area contributed by atoms with E-state index in [0.717, 1.165) is 0 Å². The van der Waals surface area contributed by atoms with Crippen molar-refractivity contribution < 1.29 is 19.2 Å².